The molecule has 1 saturated heterocycles. The summed E-state index contributed by atoms with van der Waals surface area (Å²) in [5.74, 6) is 0.959. The fraction of sp³-hybridized carbons (Fsp3) is 0.625. The summed E-state index contributed by atoms with van der Waals surface area (Å²) in [6, 6.07) is 3.45. The van der Waals surface area contributed by atoms with E-state index in [4.69, 9.17) is 4.74 Å². The Hall–Kier alpha value is -1.43. The van der Waals surface area contributed by atoms with Gasteiger partial charge in [0.1, 0.15) is 5.60 Å². The lowest BCUT2D eigenvalue weighted by Crippen LogP contribution is -2.52. The van der Waals surface area contributed by atoms with Gasteiger partial charge in [0.05, 0.1) is 10.3 Å². The molecular formula is C16H24N2O3S. The minimum absolute atomic E-state index is 0.0698. The summed E-state index contributed by atoms with van der Waals surface area (Å²) < 4.78 is 17.2. The second-order valence-electron chi connectivity index (χ2n) is 7.14. The van der Waals surface area contributed by atoms with E-state index in [1.165, 1.54) is 0 Å². The van der Waals surface area contributed by atoms with Gasteiger partial charge in [-0.25, -0.2) is 4.98 Å². The maximum Gasteiger partial charge on any atom is 0.255 e. The fourth-order valence-corrected chi connectivity index (χ4v) is 3.56. The first-order valence-corrected chi connectivity index (χ1v) is 8.73. The third kappa shape index (κ3) is 4.06. The van der Waals surface area contributed by atoms with Crippen LogP contribution >= 0.6 is 0 Å². The summed E-state index contributed by atoms with van der Waals surface area (Å²) in [6.45, 7) is 10.7. The summed E-state index contributed by atoms with van der Waals surface area (Å²) in [4.78, 5) is 18.5. The van der Waals surface area contributed by atoms with Crippen LogP contribution in [0.2, 0.25) is 0 Å². The van der Waals surface area contributed by atoms with Gasteiger partial charge in [-0.15, -0.1) is 0 Å². The standard InChI is InChI=1S/C16H24N2O3S/c1-15(2,3)21-13-7-6-12(10-17-13)14(19)18-8-9-22(20)16(4,5)11-18/h6-7,10H,8-9,11H2,1-5H3. The van der Waals surface area contributed by atoms with Gasteiger partial charge in [0.25, 0.3) is 5.91 Å². The van der Waals surface area contributed by atoms with E-state index >= 15 is 0 Å². The second kappa shape index (κ2) is 5.99. The normalized spacial score (nSPS) is 21.5. The minimum atomic E-state index is -0.889. The van der Waals surface area contributed by atoms with Crippen LogP contribution in [0.25, 0.3) is 0 Å². The molecular weight excluding hydrogens is 300 g/mol. The van der Waals surface area contributed by atoms with E-state index in [0.717, 1.165) is 0 Å². The molecule has 1 aromatic rings. The average molecular weight is 324 g/mol. The molecule has 6 heteroatoms. The van der Waals surface area contributed by atoms with Crippen molar-refractivity contribution in [3.05, 3.63) is 23.9 Å². The molecule has 1 aromatic heterocycles. The molecule has 5 nitrogen and oxygen atoms in total. The van der Waals surface area contributed by atoms with Gasteiger partial charge in [-0.2, -0.15) is 0 Å². The third-order valence-corrected chi connectivity index (χ3v) is 5.33. The highest BCUT2D eigenvalue weighted by atomic mass is 32.2. The molecule has 0 radical (unpaired) electrons. The Bertz CT molecular complexity index is 576. The van der Waals surface area contributed by atoms with E-state index in [-0.39, 0.29) is 16.3 Å². The zero-order valence-corrected chi connectivity index (χ0v) is 14.7. The molecule has 2 rings (SSSR count). The molecule has 1 amide bonds. The first kappa shape index (κ1) is 16.9. The molecule has 122 valence electrons. The fourth-order valence-electron chi connectivity index (χ4n) is 2.32. The van der Waals surface area contributed by atoms with Gasteiger partial charge in [-0.3, -0.25) is 9.00 Å². The number of pyridine rings is 1. The van der Waals surface area contributed by atoms with Crippen molar-refractivity contribution in [3.63, 3.8) is 0 Å². The van der Waals surface area contributed by atoms with Gasteiger partial charge in [-0.1, -0.05) is 0 Å². The number of hydrogen-bond acceptors (Lipinski definition) is 4. The Labute approximate surface area is 134 Å². The van der Waals surface area contributed by atoms with Crippen molar-refractivity contribution in [1.29, 1.82) is 0 Å². The van der Waals surface area contributed by atoms with Gasteiger partial charge in [0.2, 0.25) is 5.88 Å². The van der Waals surface area contributed by atoms with E-state index in [0.29, 0.717) is 30.3 Å². The van der Waals surface area contributed by atoms with Crippen molar-refractivity contribution >= 4 is 16.7 Å². The van der Waals surface area contributed by atoms with Crippen LogP contribution in [0.3, 0.4) is 0 Å². The van der Waals surface area contributed by atoms with Gasteiger partial charge in [0, 0.05) is 41.9 Å². The van der Waals surface area contributed by atoms with Crippen molar-refractivity contribution in [2.75, 3.05) is 18.8 Å². The summed E-state index contributed by atoms with van der Waals surface area (Å²) in [5, 5.41) is 0. The molecule has 0 bridgehead atoms. The predicted molar refractivity (Wildman–Crippen MR) is 87.6 cm³/mol. The molecule has 1 aliphatic rings. The topological polar surface area (TPSA) is 59.5 Å². The molecule has 22 heavy (non-hydrogen) atoms. The number of hydrogen-bond donors (Lipinski definition) is 0. The van der Waals surface area contributed by atoms with Crippen molar-refractivity contribution in [1.82, 2.24) is 9.88 Å². The molecule has 0 aromatic carbocycles. The Morgan fingerprint density at radius 1 is 1.36 bits per heavy atom. The van der Waals surface area contributed by atoms with Crippen molar-refractivity contribution in [2.45, 2.75) is 45.0 Å². The number of ether oxygens (including phenoxy) is 1. The highest BCUT2D eigenvalue weighted by Crippen LogP contribution is 2.22. The third-order valence-electron chi connectivity index (χ3n) is 3.42. The number of nitrogens with zero attached hydrogens (tertiary/aromatic N) is 2. The zero-order valence-electron chi connectivity index (χ0n) is 13.9. The Kier molecular flexibility index (Phi) is 4.61. The molecule has 0 saturated carbocycles. The summed E-state index contributed by atoms with van der Waals surface area (Å²) in [7, 11) is -0.889. The Morgan fingerprint density at radius 3 is 2.55 bits per heavy atom. The van der Waals surface area contributed by atoms with Crippen molar-refractivity contribution in [2.24, 2.45) is 0 Å². The summed E-state index contributed by atoms with van der Waals surface area (Å²) in [6.07, 6.45) is 1.54. The molecule has 1 unspecified atom stereocenters. The van der Waals surface area contributed by atoms with Crippen LogP contribution in [0.5, 0.6) is 5.88 Å². The average Bonchev–Trinajstić information content (AvgIpc) is 2.40. The number of rotatable bonds is 2. The summed E-state index contributed by atoms with van der Waals surface area (Å²) >= 11 is 0. The zero-order chi connectivity index (χ0) is 16.5. The highest BCUT2D eigenvalue weighted by Gasteiger charge is 2.35. The van der Waals surface area contributed by atoms with Crippen LogP contribution in [0.1, 0.15) is 45.0 Å². The summed E-state index contributed by atoms with van der Waals surface area (Å²) in [5.41, 5.74) is 0.212. The lowest BCUT2D eigenvalue weighted by atomic mass is 10.1. The minimum Gasteiger partial charge on any atom is -0.472 e. The second-order valence-corrected chi connectivity index (χ2v) is 9.34. The van der Waals surface area contributed by atoms with E-state index in [2.05, 4.69) is 4.98 Å². The molecule has 1 fully saturated rings. The molecule has 0 N–H and O–H groups in total. The first-order valence-electron chi connectivity index (χ1n) is 7.41. The quantitative estimate of drug-likeness (QED) is 0.837. The van der Waals surface area contributed by atoms with Crippen LogP contribution < -0.4 is 4.74 Å². The largest absolute Gasteiger partial charge is 0.472 e. The van der Waals surface area contributed by atoms with Gasteiger partial charge in [0.15, 0.2) is 0 Å². The van der Waals surface area contributed by atoms with Crippen molar-refractivity contribution < 1.29 is 13.7 Å². The lowest BCUT2D eigenvalue weighted by Gasteiger charge is -2.37. The predicted octanol–water partition coefficient (Wildman–Crippen LogP) is 2.24. The number of carbonyl (C=O) groups excluding carboxylic acids is 1. The van der Waals surface area contributed by atoms with Gasteiger partial charge in [-0.05, 0) is 40.7 Å². The van der Waals surface area contributed by atoms with E-state index in [9.17, 15) is 9.00 Å². The molecule has 1 aliphatic heterocycles. The smallest absolute Gasteiger partial charge is 0.255 e. The Balaban J connectivity index is 2.09. The van der Waals surface area contributed by atoms with Gasteiger partial charge >= 0.3 is 0 Å². The van der Waals surface area contributed by atoms with Crippen LogP contribution in [-0.2, 0) is 10.8 Å². The maximum absolute atomic E-state index is 12.5. The van der Waals surface area contributed by atoms with E-state index in [1.807, 2.05) is 34.6 Å². The Morgan fingerprint density at radius 2 is 2.05 bits per heavy atom. The van der Waals surface area contributed by atoms with Crippen LogP contribution in [0.4, 0.5) is 0 Å². The highest BCUT2D eigenvalue weighted by molar-refractivity contribution is 7.86. The SMILES string of the molecule is CC(C)(C)Oc1ccc(C(=O)N2CCS(=O)C(C)(C)C2)cn1. The lowest BCUT2D eigenvalue weighted by molar-refractivity contribution is 0.0745. The number of carbonyl (C=O) groups is 1. The first-order chi connectivity index (χ1) is 10.1. The molecule has 1 atom stereocenters. The number of amides is 1. The van der Waals surface area contributed by atoms with Crippen molar-refractivity contribution in [3.8, 4) is 5.88 Å². The van der Waals surface area contributed by atoms with Crippen LogP contribution in [0.15, 0.2) is 18.3 Å². The van der Waals surface area contributed by atoms with Crippen LogP contribution in [0, 0.1) is 0 Å². The van der Waals surface area contributed by atoms with Gasteiger partial charge < -0.3 is 9.64 Å². The van der Waals surface area contributed by atoms with Crippen LogP contribution in [-0.4, -0.2) is 49.2 Å². The molecule has 0 aliphatic carbocycles. The van der Waals surface area contributed by atoms with E-state index < -0.39 is 10.8 Å². The maximum atomic E-state index is 12.5. The molecule has 0 spiro atoms. The number of aromatic nitrogens is 1. The molecule has 2 heterocycles. The monoisotopic (exact) mass is 324 g/mol. The van der Waals surface area contributed by atoms with E-state index in [1.54, 1.807) is 23.2 Å².